The number of benzene rings is 2. The number of allylic oxidation sites excluding steroid dienone is 5. The molecule has 1 aliphatic rings. The maximum atomic E-state index is 11.7. The lowest BCUT2D eigenvalue weighted by molar-refractivity contribution is -0.308. The van der Waals surface area contributed by atoms with E-state index in [-0.39, 0.29) is 25.2 Å². The van der Waals surface area contributed by atoms with Crippen LogP contribution in [0.5, 0.6) is 0 Å². The van der Waals surface area contributed by atoms with Gasteiger partial charge in [0.05, 0.1) is 12.0 Å². The van der Waals surface area contributed by atoms with E-state index in [1.807, 2.05) is 39.0 Å². The second kappa shape index (κ2) is 20.5. The Morgan fingerprint density at radius 1 is 0.812 bits per heavy atom. The monoisotopic (exact) mass is 658 g/mol. The van der Waals surface area contributed by atoms with E-state index in [1.165, 1.54) is 38.5 Å². The van der Waals surface area contributed by atoms with Crippen LogP contribution in [0.25, 0.3) is 5.57 Å². The summed E-state index contributed by atoms with van der Waals surface area (Å²) in [6.45, 7) is 8.27. The maximum absolute atomic E-state index is 11.7. The van der Waals surface area contributed by atoms with Crippen LogP contribution >= 0.6 is 0 Å². The Bertz CT molecular complexity index is 1470. The summed E-state index contributed by atoms with van der Waals surface area (Å²) >= 11 is 0. The summed E-state index contributed by atoms with van der Waals surface area (Å²) in [5.41, 5.74) is 22.1. The minimum atomic E-state index is -1.44. The lowest BCUT2D eigenvalue weighted by atomic mass is 9.88. The maximum Gasteiger partial charge on any atom is 0.303 e. The van der Waals surface area contributed by atoms with Crippen LogP contribution in [0, 0.1) is 13.8 Å². The van der Waals surface area contributed by atoms with E-state index in [2.05, 4.69) is 48.7 Å². The second-order valence-corrected chi connectivity index (χ2v) is 12.5. The van der Waals surface area contributed by atoms with Crippen molar-refractivity contribution in [1.29, 1.82) is 0 Å². The number of nitrogens with two attached hydrogens (primary N) is 3. The number of rotatable bonds is 17. The summed E-state index contributed by atoms with van der Waals surface area (Å²) in [5, 5.41) is 27.7. The fourth-order valence-electron chi connectivity index (χ4n) is 5.37. The summed E-state index contributed by atoms with van der Waals surface area (Å²) in [6, 6.07) is 11.1. The fraction of sp³-hybridized carbons (Fsp3) is 0.436. The third-order valence-corrected chi connectivity index (χ3v) is 8.45. The van der Waals surface area contributed by atoms with Crippen LogP contribution in [0.2, 0.25) is 0 Å². The van der Waals surface area contributed by atoms with Crippen molar-refractivity contribution in [2.75, 3.05) is 11.5 Å². The number of anilines is 2. The Morgan fingerprint density at radius 3 is 1.79 bits per heavy atom. The number of hydrogen-bond donors (Lipinski definition) is 5. The highest BCUT2D eigenvalue weighted by molar-refractivity contribution is 6.07. The molecule has 2 aromatic carbocycles. The number of carbonyl (C=O) groups excluding carboxylic acids is 2. The zero-order valence-electron chi connectivity index (χ0n) is 29.1. The molecule has 1 aliphatic carbocycles. The van der Waals surface area contributed by atoms with Gasteiger partial charge in [0, 0.05) is 35.9 Å². The molecule has 8 N–H and O–H groups in total. The molecule has 0 aliphatic heterocycles. The fourth-order valence-corrected chi connectivity index (χ4v) is 5.37. The first kappa shape index (κ1) is 39.5. The smallest absolute Gasteiger partial charge is 0.303 e. The number of hydrogen-bond acceptors (Lipinski definition) is 6. The Morgan fingerprint density at radius 2 is 1.33 bits per heavy atom. The van der Waals surface area contributed by atoms with Gasteiger partial charge in [-0.25, -0.2) is 0 Å². The largest absolute Gasteiger partial charge is 0.548 e. The molecular formula is C39H54N4O5. The van der Waals surface area contributed by atoms with E-state index < -0.39 is 18.0 Å². The van der Waals surface area contributed by atoms with Crippen LogP contribution in [0.1, 0.15) is 113 Å². The van der Waals surface area contributed by atoms with Crippen LogP contribution in [-0.2, 0) is 14.4 Å². The second-order valence-electron chi connectivity index (χ2n) is 12.5. The zero-order chi connectivity index (χ0) is 35.6. The van der Waals surface area contributed by atoms with Crippen molar-refractivity contribution >= 4 is 40.5 Å². The van der Waals surface area contributed by atoms with Gasteiger partial charge >= 0.3 is 5.97 Å². The molecule has 0 radical (unpaired) electrons. The molecule has 9 heteroatoms. The summed E-state index contributed by atoms with van der Waals surface area (Å²) in [4.78, 5) is 33.0. The average molecular weight is 659 g/mol. The molecule has 0 aromatic heterocycles. The Kier molecular flexibility index (Phi) is 16.9. The van der Waals surface area contributed by atoms with E-state index >= 15 is 0 Å². The normalized spacial score (nSPS) is 12.9. The molecule has 0 bridgehead atoms. The Labute approximate surface area is 285 Å². The van der Waals surface area contributed by atoms with Gasteiger partial charge in [0.15, 0.2) is 5.71 Å². The summed E-state index contributed by atoms with van der Waals surface area (Å²) in [5.74, 6) is -2.89. The number of amides is 1. The van der Waals surface area contributed by atoms with E-state index in [0.717, 1.165) is 75.3 Å². The third kappa shape index (κ3) is 13.6. The number of nitrogen functional groups attached to an aromatic ring is 2. The van der Waals surface area contributed by atoms with Gasteiger partial charge in [-0.15, -0.1) is 0 Å². The number of unbranched alkanes of at least 4 members (excludes halogenated alkanes) is 8. The van der Waals surface area contributed by atoms with Crippen molar-refractivity contribution in [3.8, 4) is 0 Å². The molecule has 0 spiro atoms. The lowest BCUT2D eigenvalue weighted by Gasteiger charge is -2.18. The molecule has 9 nitrogen and oxygen atoms in total. The topological polar surface area (TPSA) is 184 Å². The van der Waals surface area contributed by atoms with Crippen molar-refractivity contribution in [3.63, 3.8) is 0 Å². The summed E-state index contributed by atoms with van der Waals surface area (Å²) in [6.07, 6.45) is 16.2. The van der Waals surface area contributed by atoms with Gasteiger partial charge in [-0.1, -0.05) is 70.4 Å². The first-order valence-corrected chi connectivity index (χ1v) is 17.0. The molecule has 1 unspecified atom stereocenters. The minimum absolute atomic E-state index is 0.152. The van der Waals surface area contributed by atoms with Crippen molar-refractivity contribution in [3.05, 3.63) is 88.0 Å². The van der Waals surface area contributed by atoms with E-state index in [4.69, 9.17) is 22.0 Å². The van der Waals surface area contributed by atoms with Gasteiger partial charge < -0.3 is 31.8 Å². The number of carbonyl (C=O) groups is 3. The predicted molar refractivity (Wildman–Crippen MR) is 193 cm³/mol. The van der Waals surface area contributed by atoms with Gasteiger partial charge in [0.25, 0.3) is 0 Å². The number of aryl methyl sites for hydroxylation is 2. The Hall–Kier alpha value is -4.66. The molecule has 3 rings (SSSR count). The summed E-state index contributed by atoms with van der Waals surface area (Å²) < 4.78 is 0. The summed E-state index contributed by atoms with van der Waals surface area (Å²) in [7, 11) is 0. The van der Waals surface area contributed by atoms with Crippen LogP contribution in [0.15, 0.2) is 65.8 Å². The molecule has 0 heterocycles. The van der Waals surface area contributed by atoms with E-state index in [0.29, 0.717) is 0 Å². The molecule has 1 atom stereocenters. The lowest BCUT2D eigenvalue weighted by Crippen LogP contribution is -2.48. The van der Waals surface area contributed by atoms with Crippen LogP contribution < -0.4 is 27.3 Å². The van der Waals surface area contributed by atoms with Crippen molar-refractivity contribution in [1.82, 2.24) is 5.32 Å². The van der Waals surface area contributed by atoms with Gasteiger partial charge in [-0.2, -0.15) is 0 Å². The first-order chi connectivity index (χ1) is 22.8. The highest BCUT2D eigenvalue weighted by Crippen LogP contribution is 2.33. The predicted octanol–water partition coefficient (Wildman–Crippen LogP) is 4.99. The van der Waals surface area contributed by atoms with E-state index in [9.17, 15) is 19.5 Å². The molecular weight excluding hydrogens is 604 g/mol. The number of aliphatic carboxylic acids is 2. The van der Waals surface area contributed by atoms with E-state index in [1.54, 1.807) is 0 Å². The molecule has 0 saturated heterocycles. The van der Waals surface area contributed by atoms with Crippen molar-refractivity contribution < 1.29 is 30.0 Å². The third-order valence-electron chi connectivity index (χ3n) is 8.45. The van der Waals surface area contributed by atoms with Crippen molar-refractivity contribution in [2.24, 2.45) is 0 Å². The SMILES string of the molecule is CC1=CC(=C(c2ccc(N)c(C)c2)c2ccc(N)c(C)c2)C=CC1=[NH2+].CCCCCCCCCCCC(=O)NC(CCC(=O)O)C(=O)[O-]. The molecule has 2 aromatic rings. The molecule has 0 fully saturated rings. The number of nitrogens with one attached hydrogen (secondary N) is 1. The highest BCUT2D eigenvalue weighted by Gasteiger charge is 2.17. The van der Waals surface area contributed by atoms with Gasteiger partial charge in [0.2, 0.25) is 5.91 Å². The van der Waals surface area contributed by atoms with Gasteiger partial charge in [-0.3, -0.25) is 15.0 Å². The molecule has 260 valence electrons. The molecule has 0 saturated carbocycles. The molecule has 1 amide bonds. The molecule has 48 heavy (non-hydrogen) atoms. The van der Waals surface area contributed by atoms with Crippen LogP contribution in [0.3, 0.4) is 0 Å². The first-order valence-electron chi connectivity index (χ1n) is 17.0. The van der Waals surface area contributed by atoms with Crippen LogP contribution in [0.4, 0.5) is 11.4 Å². The van der Waals surface area contributed by atoms with Gasteiger partial charge in [0.1, 0.15) is 0 Å². The zero-order valence-corrected chi connectivity index (χ0v) is 29.1. The highest BCUT2D eigenvalue weighted by atomic mass is 16.4. The minimum Gasteiger partial charge on any atom is -0.548 e. The number of carboxylic acid groups (broad SMARTS) is 2. The number of carboxylic acids is 2. The van der Waals surface area contributed by atoms with Gasteiger partial charge in [-0.05, 0) is 103 Å². The Balaban J connectivity index is 0.000000335. The average Bonchev–Trinajstić information content (AvgIpc) is 3.03. The van der Waals surface area contributed by atoms with Crippen LogP contribution in [-0.4, -0.2) is 34.7 Å². The standard InChI is InChI=1S/C22H23N3.C17H31NO5/c1-13-10-16(4-7-19(13)23)22(17-5-8-20(24)14(2)11-17)18-6-9-21(25)15(3)12-18;1-2-3-4-5-6-7-8-9-10-11-15(19)18-14(17(22)23)12-13-16(20)21/h4-12,23H,24-25H2,1-3H3;14H,2-13H2,1H3,(H,18,19)(H,20,21)(H,22,23). The van der Waals surface area contributed by atoms with Crippen molar-refractivity contribution in [2.45, 2.75) is 111 Å². The quantitative estimate of drug-likeness (QED) is 0.117.